The molecule has 0 aromatic carbocycles. The molecule has 18 heavy (non-hydrogen) atoms. The summed E-state index contributed by atoms with van der Waals surface area (Å²) in [6.07, 6.45) is 7.46. The number of carbonyl (C=O) groups excluding carboxylic acids is 2. The van der Waals surface area contributed by atoms with E-state index >= 15 is 0 Å². The molecule has 0 saturated heterocycles. The number of unbranched alkanes of at least 4 members (excludes halogenated alkanes) is 5. The van der Waals surface area contributed by atoms with Crippen molar-refractivity contribution in [2.75, 3.05) is 6.54 Å². The lowest BCUT2D eigenvalue weighted by Crippen LogP contribution is -2.44. The van der Waals surface area contributed by atoms with Crippen molar-refractivity contribution in [2.24, 2.45) is 0 Å². The van der Waals surface area contributed by atoms with E-state index in [2.05, 4.69) is 12.2 Å². The monoisotopic (exact) mass is 258 g/mol. The van der Waals surface area contributed by atoms with Gasteiger partial charge >= 0.3 is 0 Å². The Morgan fingerprint density at radius 1 is 1.22 bits per heavy atom. The fourth-order valence-electron chi connectivity index (χ4n) is 1.87. The topological polar surface area (TPSA) is 69.6 Å². The van der Waals surface area contributed by atoms with Gasteiger partial charge in [-0.3, -0.25) is 14.8 Å². The van der Waals surface area contributed by atoms with Crippen LogP contribution in [-0.4, -0.2) is 35.2 Å². The van der Waals surface area contributed by atoms with E-state index < -0.39 is 6.04 Å². The van der Waals surface area contributed by atoms with Crippen molar-refractivity contribution in [1.29, 1.82) is 0 Å². The Kier molecular flexibility index (Phi) is 10.3. The normalized spacial score (nSPS) is 11.9. The summed E-state index contributed by atoms with van der Waals surface area (Å²) in [5.41, 5.74) is 0. The predicted octanol–water partition coefficient (Wildman–Crippen LogP) is 2.09. The van der Waals surface area contributed by atoms with Crippen molar-refractivity contribution in [1.82, 2.24) is 10.4 Å². The zero-order chi connectivity index (χ0) is 13.8. The summed E-state index contributed by atoms with van der Waals surface area (Å²) in [7, 11) is 0. The molecule has 106 valence electrons. The molecule has 0 aromatic rings. The Balaban J connectivity index is 3.94. The highest BCUT2D eigenvalue weighted by Gasteiger charge is 2.22. The van der Waals surface area contributed by atoms with Gasteiger partial charge in [0.1, 0.15) is 6.04 Å². The predicted molar refractivity (Wildman–Crippen MR) is 70.2 cm³/mol. The number of likely N-dealkylation sites (N-methyl/N-ethyl adjacent to an activating group) is 1. The number of hydrogen-bond donors (Lipinski definition) is 2. The number of amides is 2. The molecule has 5 nitrogen and oxygen atoms in total. The maximum Gasteiger partial charge on any atom is 0.245 e. The van der Waals surface area contributed by atoms with E-state index in [1.165, 1.54) is 19.3 Å². The van der Waals surface area contributed by atoms with Gasteiger partial charge in [-0.25, -0.2) is 5.06 Å². The number of hydroxylamine groups is 2. The molecule has 0 aliphatic carbocycles. The number of hydrogen-bond acceptors (Lipinski definition) is 3. The third-order valence-corrected chi connectivity index (χ3v) is 2.91. The fourth-order valence-corrected chi connectivity index (χ4v) is 1.87. The van der Waals surface area contributed by atoms with E-state index in [-0.39, 0.29) is 12.3 Å². The molecule has 2 amide bonds. The average Bonchev–Trinajstić information content (AvgIpc) is 2.37. The van der Waals surface area contributed by atoms with E-state index in [1.807, 2.05) is 6.92 Å². The summed E-state index contributed by atoms with van der Waals surface area (Å²) >= 11 is 0. The van der Waals surface area contributed by atoms with E-state index in [9.17, 15) is 14.8 Å². The first-order valence-corrected chi connectivity index (χ1v) is 6.87. The molecule has 0 rings (SSSR count). The first-order chi connectivity index (χ1) is 8.67. The van der Waals surface area contributed by atoms with E-state index in [0.29, 0.717) is 18.0 Å². The molecule has 2 N–H and O–H groups in total. The van der Waals surface area contributed by atoms with Crippen molar-refractivity contribution >= 4 is 12.3 Å². The third-order valence-electron chi connectivity index (χ3n) is 2.91. The highest BCUT2D eigenvalue weighted by atomic mass is 16.5. The number of nitrogens with zero attached hydrogens (tertiary/aromatic N) is 1. The van der Waals surface area contributed by atoms with Gasteiger partial charge in [-0.15, -0.1) is 0 Å². The Morgan fingerprint density at radius 2 is 1.83 bits per heavy atom. The Hall–Kier alpha value is -1.10. The number of rotatable bonds is 11. The van der Waals surface area contributed by atoms with Crippen molar-refractivity contribution in [2.45, 2.75) is 64.8 Å². The summed E-state index contributed by atoms with van der Waals surface area (Å²) in [6.45, 7) is 4.47. The summed E-state index contributed by atoms with van der Waals surface area (Å²) in [4.78, 5) is 22.2. The summed E-state index contributed by atoms with van der Waals surface area (Å²) in [5, 5.41) is 12.5. The molecule has 0 saturated carbocycles. The quantitative estimate of drug-likeness (QED) is 0.258. The number of nitrogens with one attached hydrogen (secondary N) is 1. The van der Waals surface area contributed by atoms with Gasteiger partial charge in [0.25, 0.3) is 0 Å². The van der Waals surface area contributed by atoms with Crippen LogP contribution in [-0.2, 0) is 9.59 Å². The minimum atomic E-state index is -0.756. The zero-order valence-electron chi connectivity index (χ0n) is 11.5. The Morgan fingerprint density at radius 3 is 2.39 bits per heavy atom. The van der Waals surface area contributed by atoms with Gasteiger partial charge in [0, 0.05) is 6.54 Å². The zero-order valence-corrected chi connectivity index (χ0v) is 11.5. The summed E-state index contributed by atoms with van der Waals surface area (Å²) in [5.74, 6) is -0.291. The van der Waals surface area contributed by atoms with Gasteiger partial charge in [-0.1, -0.05) is 45.4 Å². The van der Waals surface area contributed by atoms with Crippen LogP contribution in [0.5, 0.6) is 0 Å². The van der Waals surface area contributed by atoms with Crippen LogP contribution in [0, 0.1) is 0 Å². The average molecular weight is 258 g/mol. The molecule has 0 aliphatic heterocycles. The maximum atomic E-state index is 11.6. The Bertz CT molecular complexity index is 234. The molecule has 1 atom stereocenters. The molecule has 0 radical (unpaired) electrons. The fraction of sp³-hybridized carbons (Fsp3) is 0.846. The second kappa shape index (κ2) is 11.0. The molecule has 0 fully saturated rings. The Labute approximate surface area is 109 Å². The largest absolute Gasteiger partial charge is 0.355 e. The second-order valence-corrected chi connectivity index (χ2v) is 4.45. The summed E-state index contributed by atoms with van der Waals surface area (Å²) in [6, 6.07) is -0.756. The third kappa shape index (κ3) is 7.27. The smallest absolute Gasteiger partial charge is 0.245 e. The van der Waals surface area contributed by atoms with Crippen LogP contribution in [0.2, 0.25) is 0 Å². The van der Waals surface area contributed by atoms with Crippen LogP contribution in [0.3, 0.4) is 0 Å². The van der Waals surface area contributed by atoms with Crippen molar-refractivity contribution < 1.29 is 14.8 Å². The lowest BCUT2D eigenvalue weighted by atomic mass is 10.1. The SMILES string of the molecule is CCCCCCCC[C@H](C(=O)NCC)N(O)C=O. The van der Waals surface area contributed by atoms with Crippen LogP contribution < -0.4 is 5.32 Å². The van der Waals surface area contributed by atoms with E-state index in [0.717, 1.165) is 19.3 Å². The van der Waals surface area contributed by atoms with Gasteiger partial charge in [0.05, 0.1) is 0 Å². The van der Waals surface area contributed by atoms with Crippen LogP contribution in [0.4, 0.5) is 0 Å². The molecule has 0 heterocycles. The van der Waals surface area contributed by atoms with Gasteiger partial charge in [-0.05, 0) is 13.3 Å². The lowest BCUT2D eigenvalue weighted by molar-refractivity contribution is -0.168. The van der Waals surface area contributed by atoms with Crippen molar-refractivity contribution in [3.63, 3.8) is 0 Å². The van der Waals surface area contributed by atoms with E-state index in [1.54, 1.807) is 0 Å². The van der Waals surface area contributed by atoms with Crippen LogP contribution in [0.25, 0.3) is 0 Å². The van der Waals surface area contributed by atoms with Gasteiger partial charge < -0.3 is 5.32 Å². The van der Waals surface area contributed by atoms with Gasteiger partial charge in [0.15, 0.2) is 0 Å². The molecule has 5 heteroatoms. The second-order valence-electron chi connectivity index (χ2n) is 4.45. The van der Waals surface area contributed by atoms with Gasteiger partial charge in [-0.2, -0.15) is 0 Å². The van der Waals surface area contributed by atoms with Crippen LogP contribution >= 0.6 is 0 Å². The first kappa shape index (κ1) is 16.9. The lowest BCUT2D eigenvalue weighted by Gasteiger charge is -2.21. The minimum absolute atomic E-state index is 0.289. The standard InChI is InChI=1S/C13H26N2O3/c1-3-5-6-7-8-9-10-12(15(18)11-16)13(17)14-4-2/h11-12,18H,3-10H2,1-2H3,(H,14,17)/t12-/m1/s1. The van der Waals surface area contributed by atoms with Gasteiger partial charge in [0.2, 0.25) is 12.3 Å². The van der Waals surface area contributed by atoms with Crippen molar-refractivity contribution in [3.8, 4) is 0 Å². The minimum Gasteiger partial charge on any atom is -0.355 e. The molecule has 0 aliphatic rings. The molecule has 0 unspecified atom stereocenters. The van der Waals surface area contributed by atoms with Crippen LogP contribution in [0.1, 0.15) is 58.8 Å². The summed E-state index contributed by atoms with van der Waals surface area (Å²) < 4.78 is 0. The van der Waals surface area contributed by atoms with E-state index in [4.69, 9.17) is 0 Å². The highest BCUT2D eigenvalue weighted by molar-refractivity contribution is 5.83. The molecular weight excluding hydrogens is 232 g/mol. The first-order valence-electron chi connectivity index (χ1n) is 6.87. The van der Waals surface area contributed by atoms with Crippen LogP contribution in [0.15, 0.2) is 0 Å². The molecular formula is C13H26N2O3. The molecule has 0 spiro atoms. The molecule has 0 aromatic heterocycles. The van der Waals surface area contributed by atoms with Crippen molar-refractivity contribution in [3.05, 3.63) is 0 Å². The molecule has 0 bridgehead atoms. The highest BCUT2D eigenvalue weighted by Crippen LogP contribution is 2.11. The number of carbonyl (C=O) groups is 2. The maximum absolute atomic E-state index is 11.6.